The SMILES string of the molecule is COC(=O)Nc1ccc2c(c1)N[C@@H](C(=O)O)CCCC[C@H](N1CCC(c3c(F)ccc(Cl)c3F)OC1=O)c1nc(C#N)c-2[nH]1. The summed E-state index contributed by atoms with van der Waals surface area (Å²) < 4.78 is 39.4. The van der Waals surface area contributed by atoms with Gasteiger partial charge >= 0.3 is 18.2 Å². The normalized spacial score (nSPS) is 20.1. The van der Waals surface area contributed by atoms with Crippen molar-refractivity contribution in [3.05, 3.63) is 64.1 Å². The van der Waals surface area contributed by atoms with E-state index in [1.54, 1.807) is 12.1 Å². The third-order valence-corrected chi connectivity index (χ3v) is 7.89. The Kier molecular flexibility index (Phi) is 8.86. The first-order valence-electron chi connectivity index (χ1n) is 13.7. The topological polar surface area (TPSA) is 170 Å². The van der Waals surface area contributed by atoms with Crippen molar-refractivity contribution < 1.29 is 37.7 Å². The fourth-order valence-electron chi connectivity index (χ4n) is 5.45. The number of aliphatic carboxylic acids is 1. The molecular formula is C29H27ClF2N6O6. The van der Waals surface area contributed by atoms with E-state index >= 15 is 0 Å². The van der Waals surface area contributed by atoms with Crippen LogP contribution in [0.25, 0.3) is 11.3 Å². The maximum atomic E-state index is 14.7. The lowest BCUT2D eigenvalue weighted by Gasteiger charge is -2.36. The van der Waals surface area contributed by atoms with Crippen LogP contribution in [0.15, 0.2) is 30.3 Å². The van der Waals surface area contributed by atoms with Gasteiger partial charge in [0.05, 0.1) is 29.4 Å². The molecule has 5 rings (SSSR count). The van der Waals surface area contributed by atoms with Gasteiger partial charge in [-0.3, -0.25) is 10.2 Å². The highest BCUT2D eigenvalue weighted by molar-refractivity contribution is 6.30. The molecule has 0 radical (unpaired) electrons. The molecule has 2 aliphatic rings. The second-order valence-corrected chi connectivity index (χ2v) is 10.7. The summed E-state index contributed by atoms with van der Waals surface area (Å²) in [5.41, 5.74) is 0.833. The predicted molar refractivity (Wildman–Crippen MR) is 153 cm³/mol. The molecule has 0 aliphatic carbocycles. The molecule has 2 bridgehead atoms. The van der Waals surface area contributed by atoms with Crippen molar-refractivity contribution in [2.45, 2.75) is 50.3 Å². The fraction of sp³-hybridized carbons (Fsp3) is 0.345. The Morgan fingerprint density at radius 3 is 2.70 bits per heavy atom. The number of cyclic esters (lactones) is 1. The van der Waals surface area contributed by atoms with Crippen LogP contribution in [0, 0.1) is 23.0 Å². The molecule has 15 heteroatoms. The van der Waals surface area contributed by atoms with E-state index in [9.17, 15) is 33.5 Å². The third-order valence-electron chi connectivity index (χ3n) is 7.60. The van der Waals surface area contributed by atoms with E-state index in [2.05, 4.69) is 25.3 Å². The molecule has 4 N–H and O–H groups in total. The Bertz CT molecular complexity index is 1660. The second kappa shape index (κ2) is 12.8. The molecule has 230 valence electrons. The number of halogens is 3. The first kappa shape index (κ1) is 30.6. The van der Waals surface area contributed by atoms with E-state index in [0.29, 0.717) is 36.2 Å². The summed E-state index contributed by atoms with van der Waals surface area (Å²) in [6.45, 7) is 0.0515. The minimum absolute atomic E-state index is 0.0147. The molecule has 3 aromatic rings. The molecule has 1 fully saturated rings. The summed E-state index contributed by atoms with van der Waals surface area (Å²) in [7, 11) is 1.20. The number of aromatic nitrogens is 2. The average molecular weight is 629 g/mol. The van der Waals surface area contributed by atoms with E-state index in [1.165, 1.54) is 18.1 Å². The summed E-state index contributed by atoms with van der Waals surface area (Å²) in [4.78, 5) is 46.3. The molecule has 2 amide bonds. The van der Waals surface area contributed by atoms with Gasteiger partial charge in [-0.25, -0.2) is 28.1 Å². The number of carboxylic acids is 1. The largest absolute Gasteiger partial charge is 0.480 e. The lowest BCUT2D eigenvalue weighted by atomic mass is 10.00. The maximum Gasteiger partial charge on any atom is 0.411 e. The first-order chi connectivity index (χ1) is 21.1. The number of aromatic amines is 1. The number of nitrogens with zero attached hydrogens (tertiary/aromatic N) is 3. The van der Waals surface area contributed by atoms with Crippen LogP contribution in [0.5, 0.6) is 0 Å². The van der Waals surface area contributed by atoms with Crippen molar-refractivity contribution in [3.63, 3.8) is 0 Å². The van der Waals surface area contributed by atoms with E-state index in [-0.39, 0.29) is 41.6 Å². The summed E-state index contributed by atoms with van der Waals surface area (Å²) in [6, 6.07) is 7.04. The minimum atomic E-state index is -1.20. The van der Waals surface area contributed by atoms with E-state index in [0.717, 1.165) is 12.1 Å². The molecular weight excluding hydrogens is 602 g/mol. The Labute approximate surface area is 254 Å². The second-order valence-electron chi connectivity index (χ2n) is 10.3. The molecule has 0 spiro atoms. The van der Waals surface area contributed by atoms with Gasteiger partial charge in [0.15, 0.2) is 11.5 Å². The van der Waals surface area contributed by atoms with Crippen LogP contribution >= 0.6 is 11.6 Å². The number of H-pyrrole nitrogens is 1. The van der Waals surface area contributed by atoms with Crippen molar-refractivity contribution in [2.24, 2.45) is 0 Å². The first-order valence-corrected chi connectivity index (χ1v) is 14.1. The number of fused-ring (bicyclic) bond motifs is 4. The van der Waals surface area contributed by atoms with Gasteiger partial charge in [-0.2, -0.15) is 5.26 Å². The van der Waals surface area contributed by atoms with Crippen molar-refractivity contribution in [1.82, 2.24) is 14.9 Å². The Balaban J connectivity index is 1.52. The number of anilines is 2. The van der Waals surface area contributed by atoms with Crippen molar-refractivity contribution in [3.8, 4) is 17.3 Å². The molecule has 1 unspecified atom stereocenters. The standard InChI is InChI=1S/C29H27ClF2N6O6/c1-43-28(41)34-14-6-7-15-19(12-14)35-18(27(39)40)4-2-3-5-21(26-36-20(13-33)25(15)37-26)38-11-10-22(44-29(38)42)23-17(31)9-8-16(30)24(23)32/h6-9,12,18,21-22,35H,2-5,10-11H2,1H3,(H,34,41)(H,36,37)(H,39,40)/t18-,21+,22?/m1/s1. The number of nitriles is 1. The Hall–Kier alpha value is -4.90. The lowest BCUT2D eigenvalue weighted by molar-refractivity contribution is -0.138. The zero-order chi connectivity index (χ0) is 31.5. The number of carbonyl (C=O) groups excluding carboxylic acids is 2. The highest BCUT2D eigenvalue weighted by Gasteiger charge is 2.38. The third kappa shape index (κ3) is 6.09. The number of imidazole rings is 1. The number of amides is 2. The number of nitrogens with one attached hydrogen (secondary N) is 3. The minimum Gasteiger partial charge on any atom is -0.480 e. The van der Waals surface area contributed by atoms with Gasteiger partial charge in [0.1, 0.15) is 29.9 Å². The van der Waals surface area contributed by atoms with E-state index in [4.69, 9.17) is 16.3 Å². The molecule has 3 atom stereocenters. The molecule has 0 saturated carbocycles. The number of methoxy groups -OCH3 is 1. The highest BCUT2D eigenvalue weighted by Crippen LogP contribution is 2.39. The van der Waals surface area contributed by atoms with Gasteiger partial charge < -0.3 is 24.9 Å². The molecule has 2 aliphatic heterocycles. The number of benzene rings is 2. The van der Waals surface area contributed by atoms with E-state index < -0.39 is 53.5 Å². The Morgan fingerprint density at radius 2 is 2.00 bits per heavy atom. The van der Waals surface area contributed by atoms with Crippen LogP contribution in [0.4, 0.5) is 29.7 Å². The van der Waals surface area contributed by atoms with Crippen molar-refractivity contribution >= 4 is 41.1 Å². The van der Waals surface area contributed by atoms with Gasteiger partial charge in [0.25, 0.3) is 0 Å². The maximum absolute atomic E-state index is 14.7. The number of ether oxygens (including phenoxy) is 2. The Morgan fingerprint density at radius 1 is 1.23 bits per heavy atom. The van der Waals surface area contributed by atoms with Crippen molar-refractivity contribution in [1.29, 1.82) is 5.26 Å². The van der Waals surface area contributed by atoms with Crippen LogP contribution in [-0.2, 0) is 14.3 Å². The number of carboxylic acid groups (broad SMARTS) is 1. The zero-order valence-corrected chi connectivity index (χ0v) is 24.1. The van der Waals surface area contributed by atoms with E-state index in [1.807, 2.05) is 6.07 Å². The lowest BCUT2D eigenvalue weighted by Crippen LogP contribution is -2.42. The van der Waals surface area contributed by atoms with Crippen LogP contribution in [0.3, 0.4) is 0 Å². The summed E-state index contributed by atoms with van der Waals surface area (Å²) in [5.74, 6) is -2.70. The quantitative estimate of drug-likeness (QED) is 0.248. The smallest absolute Gasteiger partial charge is 0.411 e. The summed E-state index contributed by atoms with van der Waals surface area (Å²) in [5, 5.41) is 25.1. The molecule has 1 aromatic heterocycles. The molecule has 12 nitrogen and oxygen atoms in total. The molecule has 44 heavy (non-hydrogen) atoms. The monoisotopic (exact) mass is 628 g/mol. The summed E-state index contributed by atoms with van der Waals surface area (Å²) in [6.07, 6.45) is -1.24. The number of rotatable bonds is 4. The van der Waals surface area contributed by atoms with Gasteiger partial charge in [0.2, 0.25) is 0 Å². The van der Waals surface area contributed by atoms with Crippen LogP contribution in [0.2, 0.25) is 5.02 Å². The van der Waals surface area contributed by atoms with Gasteiger partial charge in [-0.1, -0.05) is 24.4 Å². The van der Waals surface area contributed by atoms with Crippen LogP contribution in [-0.4, -0.2) is 57.8 Å². The van der Waals surface area contributed by atoms with Gasteiger partial charge in [0, 0.05) is 29.9 Å². The number of hydrogen-bond acceptors (Lipinski definition) is 8. The number of carbonyl (C=O) groups is 3. The van der Waals surface area contributed by atoms with Crippen LogP contribution < -0.4 is 10.6 Å². The predicted octanol–water partition coefficient (Wildman–Crippen LogP) is 6.12. The average Bonchev–Trinajstić information content (AvgIpc) is 3.42. The summed E-state index contributed by atoms with van der Waals surface area (Å²) >= 11 is 5.84. The molecule has 3 heterocycles. The van der Waals surface area contributed by atoms with Gasteiger partial charge in [-0.05, 0) is 43.2 Å². The highest BCUT2D eigenvalue weighted by atomic mass is 35.5. The van der Waals surface area contributed by atoms with Crippen LogP contribution in [0.1, 0.15) is 61.3 Å². The number of hydrogen-bond donors (Lipinski definition) is 4. The van der Waals surface area contributed by atoms with Crippen molar-refractivity contribution in [2.75, 3.05) is 24.3 Å². The fourth-order valence-corrected chi connectivity index (χ4v) is 5.61. The molecule has 1 saturated heterocycles. The molecule has 2 aromatic carbocycles. The van der Waals surface area contributed by atoms with Gasteiger partial charge in [-0.15, -0.1) is 0 Å². The zero-order valence-electron chi connectivity index (χ0n) is 23.3.